The van der Waals surface area contributed by atoms with E-state index in [1.54, 1.807) is 0 Å². The molecule has 3 rings (SSSR count). The number of hydrogen-bond donors (Lipinski definition) is 1. The second kappa shape index (κ2) is 3.21. The van der Waals surface area contributed by atoms with Gasteiger partial charge in [0.15, 0.2) is 0 Å². The molecule has 0 aromatic rings. The smallest absolute Gasteiger partial charge is 0.261 e. The summed E-state index contributed by atoms with van der Waals surface area (Å²) in [5.41, 5.74) is 0.865. The van der Waals surface area contributed by atoms with Crippen LogP contribution >= 0.6 is 0 Å². The Kier molecular flexibility index (Phi) is 2.03. The number of allylic oxidation sites excluding steroid dienone is 6. The van der Waals surface area contributed by atoms with E-state index in [9.17, 15) is 8.42 Å². The predicted octanol–water partition coefficient (Wildman–Crippen LogP) is 0.768. The van der Waals surface area contributed by atoms with E-state index in [0.717, 1.165) is 12.1 Å². The number of rotatable bonds is 1. The van der Waals surface area contributed by atoms with Crippen LogP contribution in [0.4, 0.5) is 0 Å². The third-order valence-corrected chi connectivity index (χ3v) is 4.63. The highest BCUT2D eigenvalue weighted by atomic mass is 32.2. The standard InChI is InChI=1S/C11H14N2O2S/c12-16(14,15)13-7-9-5-1-3-8-4-2-6-10(13)11(8)9/h1-4,6,8-9,11H,5,7H2,(H2,12,14,15). The van der Waals surface area contributed by atoms with Crippen LogP contribution in [0, 0.1) is 17.8 Å². The van der Waals surface area contributed by atoms with Crippen LogP contribution in [0.5, 0.6) is 0 Å². The molecule has 3 atom stereocenters. The molecule has 0 spiro atoms. The van der Waals surface area contributed by atoms with E-state index >= 15 is 0 Å². The van der Waals surface area contributed by atoms with E-state index in [1.807, 2.05) is 12.2 Å². The van der Waals surface area contributed by atoms with Gasteiger partial charge in [0, 0.05) is 24.1 Å². The molecular weight excluding hydrogens is 224 g/mol. The van der Waals surface area contributed by atoms with Crippen molar-refractivity contribution in [3.63, 3.8) is 0 Å². The van der Waals surface area contributed by atoms with Crippen LogP contribution in [0.15, 0.2) is 36.1 Å². The average molecular weight is 238 g/mol. The molecule has 0 saturated carbocycles. The van der Waals surface area contributed by atoms with Crippen molar-refractivity contribution >= 4 is 10.2 Å². The Hall–Kier alpha value is -1.07. The molecule has 3 aliphatic rings. The molecule has 86 valence electrons. The summed E-state index contributed by atoms with van der Waals surface area (Å²) < 4.78 is 24.4. The van der Waals surface area contributed by atoms with Gasteiger partial charge in [-0.15, -0.1) is 0 Å². The van der Waals surface area contributed by atoms with Gasteiger partial charge in [0.1, 0.15) is 0 Å². The maximum Gasteiger partial charge on any atom is 0.298 e. The molecule has 5 heteroatoms. The van der Waals surface area contributed by atoms with Crippen molar-refractivity contribution in [2.45, 2.75) is 6.42 Å². The first-order valence-corrected chi connectivity index (χ1v) is 6.93. The van der Waals surface area contributed by atoms with Gasteiger partial charge in [-0.2, -0.15) is 8.42 Å². The molecule has 2 aliphatic carbocycles. The third kappa shape index (κ3) is 1.35. The van der Waals surface area contributed by atoms with E-state index in [1.165, 1.54) is 4.31 Å². The van der Waals surface area contributed by atoms with E-state index in [-0.39, 0.29) is 0 Å². The zero-order valence-corrected chi connectivity index (χ0v) is 9.60. The van der Waals surface area contributed by atoms with Crippen molar-refractivity contribution in [1.82, 2.24) is 4.31 Å². The molecule has 1 aliphatic heterocycles. The number of nitrogens with two attached hydrogens (primary N) is 1. The first kappa shape index (κ1) is 10.1. The monoisotopic (exact) mass is 238 g/mol. The Bertz CT molecular complexity index is 504. The van der Waals surface area contributed by atoms with Crippen molar-refractivity contribution in [3.8, 4) is 0 Å². The molecule has 1 saturated heterocycles. The van der Waals surface area contributed by atoms with Gasteiger partial charge in [-0.25, -0.2) is 5.14 Å². The van der Waals surface area contributed by atoms with Gasteiger partial charge in [-0.05, 0) is 18.4 Å². The molecule has 0 amide bonds. The fourth-order valence-corrected chi connectivity index (χ4v) is 3.89. The maximum absolute atomic E-state index is 11.5. The maximum atomic E-state index is 11.5. The van der Waals surface area contributed by atoms with Crippen molar-refractivity contribution in [2.24, 2.45) is 22.9 Å². The molecule has 3 unspecified atom stereocenters. The van der Waals surface area contributed by atoms with Gasteiger partial charge in [-0.3, -0.25) is 4.31 Å². The topological polar surface area (TPSA) is 63.4 Å². The summed E-state index contributed by atoms with van der Waals surface area (Å²) in [7, 11) is -3.61. The molecular formula is C11H14N2O2S. The molecule has 1 fully saturated rings. The Morgan fingerprint density at radius 3 is 2.94 bits per heavy atom. The molecule has 0 radical (unpaired) electrons. The van der Waals surface area contributed by atoms with Crippen LogP contribution in [-0.4, -0.2) is 19.3 Å². The van der Waals surface area contributed by atoms with Crippen molar-refractivity contribution in [3.05, 3.63) is 36.1 Å². The Morgan fingerprint density at radius 2 is 2.19 bits per heavy atom. The summed E-state index contributed by atoms with van der Waals surface area (Å²) in [5.74, 6) is 1.02. The van der Waals surface area contributed by atoms with E-state index in [4.69, 9.17) is 5.14 Å². The molecule has 0 aromatic heterocycles. The Balaban J connectivity index is 2.07. The summed E-state index contributed by atoms with van der Waals surface area (Å²) in [6.07, 6.45) is 11.2. The van der Waals surface area contributed by atoms with E-state index < -0.39 is 10.2 Å². The van der Waals surface area contributed by atoms with Crippen molar-refractivity contribution in [2.75, 3.05) is 6.54 Å². The van der Waals surface area contributed by atoms with Gasteiger partial charge in [0.25, 0.3) is 10.2 Å². The fraction of sp³-hybridized carbons (Fsp3) is 0.455. The Morgan fingerprint density at radius 1 is 1.38 bits per heavy atom. The van der Waals surface area contributed by atoms with Gasteiger partial charge < -0.3 is 0 Å². The lowest BCUT2D eigenvalue weighted by Crippen LogP contribution is -2.34. The predicted molar refractivity (Wildman–Crippen MR) is 61.3 cm³/mol. The minimum Gasteiger partial charge on any atom is -0.261 e. The molecule has 1 heterocycles. The molecule has 2 N–H and O–H groups in total. The Labute approximate surface area is 95.3 Å². The van der Waals surface area contributed by atoms with Crippen LogP contribution in [0.1, 0.15) is 6.42 Å². The second-order valence-corrected chi connectivity index (χ2v) is 6.05. The minimum absolute atomic E-state index is 0.299. The van der Waals surface area contributed by atoms with Crippen LogP contribution in [-0.2, 0) is 10.2 Å². The lowest BCUT2D eigenvalue weighted by molar-refractivity contribution is 0.373. The summed E-state index contributed by atoms with van der Waals surface area (Å²) in [6.45, 7) is 0.526. The average Bonchev–Trinajstić information content (AvgIpc) is 2.60. The normalized spacial score (nSPS) is 36.2. The summed E-state index contributed by atoms with van der Waals surface area (Å²) in [6, 6.07) is 0. The molecule has 0 aromatic carbocycles. The van der Waals surface area contributed by atoms with Gasteiger partial charge in [0.2, 0.25) is 0 Å². The van der Waals surface area contributed by atoms with E-state index in [2.05, 4.69) is 18.2 Å². The van der Waals surface area contributed by atoms with Crippen LogP contribution in [0.25, 0.3) is 0 Å². The van der Waals surface area contributed by atoms with Crippen LogP contribution in [0.2, 0.25) is 0 Å². The quantitative estimate of drug-likeness (QED) is 0.686. The third-order valence-electron chi connectivity index (χ3n) is 3.66. The summed E-state index contributed by atoms with van der Waals surface area (Å²) in [4.78, 5) is 0. The van der Waals surface area contributed by atoms with Gasteiger partial charge in [-0.1, -0.05) is 24.3 Å². The molecule has 16 heavy (non-hydrogen) atoms. The first-order chi connectivity index (χ1) is 7.57. The van der Waals surface area contributed by atoms with E-state index in [0.29, 0.717) is 24.3 Å². The van der Waals surface area contributed by atoms with Crippen molar-refractivity contribution in [1.29, 1.82) is 0 Å². The zero-order valence-electron chi connectivity index (χ0n) is 8.78. The molecule has 0 bridgehead atoms. The fourth-order valence-electron chi connectivity index (χ4n) is 3.01. The molecule has 4 nitrogen and oxygen atoms in total. The largest absolute Gasteiger partial charge is 0.298 e. The SMILES string of the molecule is NS(=O)(=O)N1CC2CC=CC3C=CC=C1C32. The highest BCUT2D eigenvalue weighted by Crippen LogP contribution is 2.46. The van der Waals surface area contributed by atoms with Gasteiger partial charge >= 0.3 is 0 Å². The van der Waals surface area contributed by atoms with Crippen LogP contribution in [0.3, 0.4) is 0 Å². The zero-order chi connectivity index (χ0) is 11.3. The summed E-state index contributed by atoms with van der Waals surface area (Å²) >= 11 is 0. The summed E-state index contributed by atoms with van der Waals surface area (Å²) in [5, 5.41) is 5.24. The number of hydrogen-bond acceptors (Lipinski definition) is 2. The number of nitrogens with zero attached hydrogens (tertiary/aromatic N) is 1. The second-order valence-electron chi connectivity index (χ2n) is 4.58. The van der Waals surface area contributed by atoms with Gasteiger partial charge in [0.05, 0.1) is 0 Å². The van der Waals surface area contributed by atoms with Crippen LogP contribution < -0.4 is 5.14 Å². The highest BCUT2D eigenvalue weighted by Gasteiger charge is 2.45. The van der Waals surface area contributed by atoms with Crippen molar-refractivity contribution < 1.29 is 8.42 Å². The minimum atomic E-state index is -3.61. The highest BCUT2D eigenvalue weighted by molar-refractivity contribution is 7.86. The first-order valence-electron chi connectivity index (χ1n) is 5.43. The lowest BCUT2D eigenvalue weighted by Gasteiger charge is -2.29. The lowest BCUT2D eigenvalue weighted by atomic mass is 9.75.